The van der Waals surface area contributed by atoms with E-state index < -0.39 is 12.1 Å². The van der Waals surface area contributed by atoms with Gasteiger partial charge in [0.2, 0.25) is 0 Å². The fourth-order valence-electron chi connectivity index (χ4n) is 2.49. The SMILES string of the molecule is Cc1cc([C@H](Cc2ccc(C)c(C=O)c2)C(F)(F)F)ccc1Cl. The number of hydrogen-bond donors (Lipinski definition) is 0. The van der Waals surface area contributed by atoms with Crippen molar-refractivity contribution in [3.8, 4) is 0 Å². The Hall–Kier alpha value is -1.81. The molecular formula is C18H16ClF3O. The van der Waals surface area contributed by atoms with Crippen molar-refractivity contribution in [3.63, 3.8) is 0 Å². The number of carbonyl (C=O) groups is 1. The van der Waals surface area contributed by atoms with Gasteiger partial charge in [-0.2, -0.15) is 13.2 Å². The number of halogens is 4. The van der Waals surface area contributed by atoms with Crippen LogP contribution in [0.15, 0.2) is 36.4 Å². The van der Waals surface area contributed by atoms with E-state index in [9.17, 15) is 18.0 Å². The van der Waals surface area contributed by atoms with Gasteiger partial charge in [0, 0.05) is 10.6 Å². The molecule has 122 valence electrons. The molecule has 0 aliphatic carbocycles. The molecule has 0 heterocycles. The maximum absolute atomic E-state index is 13.5. The maximum atomic E-state index is 13.5. The molecular weight excluding hydrogens is 325 g/mol. The van der Waals surface area contributed by atoms with E-state index in [2.05, 4.69) is 0 Å². The van der Waals surface area contributed by atoms with Crippen LogP contribution in [0.25, 0.3) is 0 Å². The van der Waals surface area contributed by atoms with Crippen molar-refractivity contribution >= 4 is 17.9 Å². The fraction of sp³-hybridized carbons (Fsp3) is 0.278. The molecule has 0 spiro atoms. The topological polar surface area (TPSA) is 17.1 Å². The standard InChI is InChI=1S/C18H16ClF3O/c1-11-3-4-13(8-15(11)10-23)9-16(18(20,21)22)14-5-6-17(19)12(2)7-14/h3-8,10,16H,9H2,1-2H3/t16-/m0/s1. The molecule has 0 saturated heterocycles. The predicted molar refractivity (Wildman–Crippen MR) is 85.3 cm³/mol. The number of benzene rings is 2. The van der Waals surface area contributed by atoms with E-state index >= 15 is 0 Å². The molecule has 0 bridgehead atoms. The molecule has 0 unspecified atom stereocenters. The molecule has 0 N–H and O–H groups in total. The largest absolute Gasteiger partial charge is 0.396 e. The molecule has 0 saturated carbocycles. The van der Waals surface area contributed by atoms with Crippen molar-refractivity contribution < 1.29 is 18.0 Å². The van der Waals surface area contributed by atoms with Gasteiger partial charge in [0.15, 0.2) is 0 Å². The smallest absolute Gasteiger partial charge is 0.298 e. The lowest BCUT2D eigenvalue weighted by molar-refractivity contribution is -0.150. The van der Waals surface area contributed by atoms with Gasteiger partial charge in [-0.15, -0.1) is 0 Å². The van der Waals surface area contributed by atoms with Gasteiger partial charge in [-0.25, -0.2) is 0 Å². The molecule has 5 heteroatoms. The summed E-state index contributed by atoms with van der Waals surface area (Å²) >= 11 is 5.90. The third-order valence-corrected chi connectivity index (χ3v) is 4.31. The van der Waals surface area contributed by atoms with Crippen molar-refractivity contribution in [2.75, 3.05) is 0 Å². The highest BCUT2D eigenvalue weighted by Gasteiger charge is 2.40. The number of aldehydes is 1. The molecule has 0 radical (unpaired) electrons. The Bertz CT molecular complexity index is 723. The van der Waals surface area contributed by atoms with Crippen molar-refractivity contribution in [2.24, 2.45) is 0 Å². The second kappa shape index (κ2) is 6.75. The van der Waals surface area contributed by atoms with Gasteiger partial charge in [-0.05, 0) is 54.7 Å². The van der Waals surface area contributed by atoms with Crippen LogP contribution in [0.4, 0.5) is 13.2 Å². The van der Waals surface area contributed by atoms with E-state index in [4.69, 9.17) is 11.6 Å². The minimum absolute atomic E-state index is 0.174. The molecule has 2 rings (SSSR count). The van der Waals surface area contributed by atoms with Crippen LogP contribution in [0, 0.1) is 13.8 Å². The van der Waals surface area contributed by atoms with E-state index in [-0.39, 0.29) is 12.0 Å². The number of carbonyl (C=O) groups excluding carboxylic acids is 1. The first kappa shape index (κ1) is 17.5. The first-order chi connectivity index (χ1) is 10.7. The predicted octanol–water partition coefficient (Wildman–Crippen LogP) is 5.66. The fourth-order valence-corrected chi connectivity index (χ4v) is 2.60. The summed E-state index contributed by atoms with van der Waals surface area (Å²) in [5, 5.41) is 0.438. The number of aryl methyl sites for hydroxylation is 2. The zero-order valence-electron chi connectivity index (χ0n) is 12.7. The van der Waals surface area contributed by atoms with Gasteiger partial charge < -0.3 is 0 Å². The summed E-state index contributed by atoms with van der Waals surface area (Å²) in [5.41, 5.74) is 2.42. The average molecular weight is 341 g/mol. The zero-order valence-corrected chi connectivity index (χ0v) is 13.5. The maximum Gasteiger partial charge on any atom is 0.396 e. The summed E-state index contributed by atoms with van der Waals surface area (Å²) in [6.45, 7) is 3.42. The molecule has 1 nitrogen and oxygen atoms in total. The molecule has 0 amide bonds. The van der Waals surface area contributed by atoms with Gasteiger partial charge >= 0.3 is 6.18 Å². The Morgan fingerprint density at radius 1 is 1.09 bits per heavy atom. The van der Waals surface area contributed by atoms with Crippen LogP contribution in [0.3, 0.4) is 0 Å². The van der Waals surface area contributed by atoms with E-state index in [1.165, 1.54) is 24.3 Å². The second-order valence-corrected chi connectivity index (χ2v) is 6.02. The van der Waals surface area contributed by atoms with E-state index in [0.29, 0.717) is 28.0 Å². The number of alkyl halides is 3. The third-order valence-electron chi connectivity index (χ3n) is 3.89. The lowest BCUT2D eigenvalue weighted by Crippen LogP contribution is -2.23. The lowest BCUT2D eigenvalue weighted by Gasteiger charge is -2.22. The van der Waals surface area contributed by atoms with Crippen LogP contribution in [-0.2, 0) is 6.42 Å². The van der Waals surface area contributed by atoms with Crippen molar-refractivity contribution in [3.05, 3.63) is 69.2 Å². The van der Waals surface area contributed by atoms with E-state index in [1.54, 1.807) is 26.0 Å². The molecule has 0 fully saturated rings. The highest BCUT2D eigenvalue weighted by atomic mass is 35.5. The van der Waals surface area contributed by atoms with Crippen LogP contribution in [0.5, 0.6) is 0 Å². The summed E-state index contributed by atoms with van der Waals surface area (Å²) in [6, 6.07) is 9.17. The van der Waals surface area contributed by atoms with Crippen LogP contribution >= 0.6 is 11.6 Å². The van der Waals surface area contributed by atoms with E-state index in [0.717, 1.165) is 5.56 Å². The molecule has 23 heavy (non-hydrogen) atoms. The molecule has 2 aromatic carbocycles. The first-order valence-electron chi connectivity index (χ1n) is 7.10. The van der Waals surface area contributed by atoms with Crippen molar-refractivity contribution in [1.29, 1.82) is 0 Å². The Balaban J connectivity index is 2.40. The van der Waals surface area contributed by atoms with Gasteiger partial charge in [0.25, 0.3) is 0 Å². The summed E-state index contributed by atoms with van der Waals surface area (Å²) in [4.78, 5) is 11.0. The highest BCUT2D eigenvalue weighted by molar-refractivity contribution is 6.31. The number of rotatable bonds is 4. The molecule has 0 aromatic heterocycles. The van der Waals surface area contributed by atoms with Crippen LogP contribution in [0.2, 0.25) is 5.02 Å². The summed E-state index contributed by atoms with van der Waals surface area (Å²) in [7, 11) is 0. The minimum Gasteiger partial charge on any atom is -0.298 e. The Morgan fingerprint density at radius 2 is 1.78 bits per heavy atom. The Morgan fingerprint density at radius 3 is 2.35 bits per heavy atom. The van der Waals surface area contributed by atoms with Gasteiger partial charge in [-0.1, -0.05) is 35.9 Å². The highest BCUT2D eigenvalue weighted by Crippen LogP contribution is 2.38. The minimum atomic E-state index is -4.38. The van der Waals surface area contributed by atoms with E-state index in [1.807, 2.05) is 0 Å². The lowest BCUT2D eigenvalue weighted by atomic mass is 9.89. The number of hydrogen-bond acceptors (Lipinski definition) is 1. The Labute approximate surface area is 138 Å². The quantitative estimate of drug-likeness (QED) is 0.656. The molecule has 2 aromatic rings. The van der Waals surface area contributed by atoms with Crippen LogP contribution < -0.4 is 0 Å². The third kappa shape index (κ3) is 4.14. The van der Waals surface area contributed by atoms with Gasteiger partial charge in [-0.3, -0.25) is 4.79 Å². The molecule has 0 aliphatic heterocycles. The normalized spacial score (nSPS) is 13.0. The molecule has 1 atom stereocenters. The summed E-state index contributed by atoms with van der Waals surface area (Å²) < 4.78 is 40.4. The van der Waals surface area contributed by atoms with Crippen molar-refractivity contribution in [1.82, 2.24) is 0 Å². The Kier molecular flexibility index (Phi) is 5.15. The van der Waals surface area contributed by atoms with Crippen molar-refractivity contribution in [2.45, 2.75) is 32.4 Å². The first-order valence-corrected chi connectivity index (χ1v) is 7.47. The average Bonchev–Trinajstić information content (AvgIpc) is 2.48. The zero-order chi connectivity index (χ0) is 17.2. The van der Waals surface area contributed by atoms with Gasteiger partial charge in [0.05, 0.1) is 5.92 Å². The molecule has 0 aliphatic rings. The summed E-state index contributed by atoms with van der Waals surface area (Å²) in [5.74, 6) is -1.64. The second-order valence-electron chi connectivity index (χ2n) is 5.62. The van der Waals surface area contributed by atoms with Gasteiger partial charge in [0.1, 0.15) is 6.29 Å². The monoisotopic (exact) mass is 340 g/mol. The van der Waals surface area contributed by atoms with Crippen LogP contribution in [0.1, 0.15) is 38.5 Å². The summed E-state index contributed by atoms with van der Waals surface area (Å²) in [6.07, 6.45) is -3.94. The van der Waals surface area contributed by atoms with Crippen LogP contribution in [-0.4, -0.2) is 12.5 Å².